The van der Waals surface area contributed by atoms with Crippen LogP contribution in [0, 0.1) is 11.8 Å². The van der Waals surface area contributed by atoms with Crippen molar-refractivity contribution >= 4 is 11.8 Å². The smallest absolute Gasteiger partial charge is 0.233 e. The third-order valence-electron chi connectivity index (χ3n) is 5.34. The molecule has 0 bridgehead atoms. The lowest BCUT2D eigenvalue weighted by atomic mass is 9.81. The molecule has 2 aliphatic heterocycles. The topological polar surface area (TPSA) is 85.3 Å². The predicted octanol–water partition coefficient (Wildman–Crippen LogP) is 1.47. The number of aliphatic hydroxyl groups is 1. The van der Waals surface area contributed by atoms with E-state index in [2.05, 4.69) is 0 Å². The van der Waals surface area contributed by atoms with Gasteiger partial charge in [0.25, 0.3) is 0 Å². The highest BCUT2D eigenvalue weighted by molar-refractivity contribution is 6.05. The Morgan fingerprint density at radius 2 is 1.81 bits per heavy atom. The highest BCUT2D eigenvalue weighted by Gasteiger charge is 2.48. The van der Waals surface area contributed by atoms with Crippen LogP contribution in [0.5, 0.6) is 11.5 Å². The molecular weight excluding hydrogens is 338 g/mol. The molecule has 1 N–H and O–H groups in total. The van der Waals surface area contributed by atoms with Crippen molar-refractivity contribution < 1.29 is 28.9 Å². The normalized spacial score (nSPS) is 25.5. The lowest BCUT2D eigenvalue weighted by molar-refractivity contribution is -0.142. The Labute approximate surface area is 151 Å². The van der Waals surface area contributed by atoms with Gasteiger partial charge in [-0.3, -0.25) is 14.5 Å². The standard InChI is InChI=1S/C19H23NO6/c21-13(8-20-18(22)14-3-1-2-4-15(14)19(20)23)10-24-9-12-5-6-16-17(7-12)26-11-25-16/h5-7,13-15,21H,1-4,8-11H2/t13-,14+,15+/m0/s1. The number of hydrogen-bond acceptors (Lipinski definition) is 6. The molecule has 1 saturated carbocycles. The van der Waals surface area contributed by atoms with Crippen LogP contribution in [0.3, 0.4) is 0 Å². The van der Waals surface area contributed by atoms with Gasteiger partial charge in [-0.25, -0.2) is 0 Å². The maximum atomic E-state index is 12.4. The molecule has 1 aliphatic carbocycles. The van der Waals surface area contributed by atoms with Gasteiger partial charge in [-0.05, 0) is 30.5 Å². The monoisotopic (exact) mass is 361 g/mol. The summed E-state index contributed by atoms with van der Waals surface area (Å²) in [7, 11) is 0. The Bertz CT molecular complexity index is 681. The Kier molecular flexibility index (Phi) is 4.82. The number of hydrogen-bond donors (Lipinski definition) is 1. The quantitative estimate of drug-likeness (QED) is 0.773. The molecule has 0 spiro atoms. The Morgan fingerprint density at radius 3 is 2.54 bits per heavy atom. The molecule has 26 heavy (non-hydrogen) atoms. The number of rotatable bonds is 6. The average Bonchev–Trinajstić information content (AvgIpc) is 3.21. The molecule has 140 valence electrons. The zero-order valence-electron chi connectivity index (χ0n) is 14.6. The predicted molar refractivity (Wildman–Crippen MR) is 90.4 cm³/mol. The molecule has 4 rings (SSSR count). The summed E-state index contributed by atoms with van der Waals surface area (Å²) < 4.78 is 16.1. The lowest BCUT2D eigenvalue weighted by Crippen LogP contribution is -2.39. The minimum atomic E-state index is -0.892. The zero-order chi connectivity index (χ0) is 18.1. The number of aliphatic hydroxyl groups excluding tert-OH is 1. The first kappa shape index (κ1) is 17.3. The summed E-state index contributed by atoms with van der Waals surface area (Å²) in [4.78, 5) is 26.1. The summed E-state index contributed by atoms with van der Waals surface area (Å²) >= 11 is 0. The van der Waals surface area contributed by atoms with Crippen molar-refractivity contribution in [1.29, 1.82) is 0 Å². The van der Waals surface area contributed by atoms with Crippen LogP contribution in [-0.4, -0.2) is 47.9 Å². The van der Waals surface area contributed by atoms with E-state index in [1.54, 1.807) is 0 Å². The minimum absolute atomic E-state index is 0.00576. The van der Waals surface area contributed by atoms with Gasteiger partial charge >= 0.3 is 0 Å². The third kappa shape index (κ3) is 3.29. The molecule has 7 nitrogen and oxygen atoms in total. The molecule has 1 aromatic rings. The van der Waals surface area contributed by atoms with Crippen molar-refractivity contribution in [3.63, 3.8) is 0 Å². The van der Waals surface area contributed by atoms with Crippen LogP contribution in [0.2, 0.25) is 0 Å². The molecule has 1 saturated heterocycles. The Balaban J connectivity index is 1.27. The summed E-state index contributed by atoms with van der Waals surface area (Å²) in [5.74, 6) is 0.767. The van der Waals surface area contributed by atoms with Crippen LogP contribution >= 0.6 is 0 Å². The number of nitrogens with zero attached hydrogens (tertiary/aromatic N) is 1. The number of ether oxygens (including phenoxy) is 3. The fourth-order valence-corrected chi connectivity index (χ4v) is 4.02. The maximum absolute atomic E-state index is 12.4. The molecule has 0 unspecified atom stereocenters. The van der Waals surface area contributed by atoms with Crippen LogP contribution in [0.25, 0.3) is 0 Å². The fraction of sp³-hybridized carbons (Fsp3) is 0.579. The van der Waals surface area contributed by atoms with E-state index in [1.165, 1.54) is 4.90 Å². The van der Waals surface area contributed by atoms with Crippen LogP contribution in [0.1, 0.15) is 31.2 Å². The Morgan fingerprint density at radius 1 is 1.12 bits per heavy atom. The zero-order valence-corrected chi connectivity index (χ0v) is 14.6. The number of likely N-dealkylation sites (tertiary alicyclic amines) is 1. The van der Waals surface area contributed by atoms with Crippen molar-refractivity contribution in [2.75, 3.05) is 19.9 Å². The fourth-order valence-electron chi connectivity index (χ4n) is 4.02. The van der Waals surface area contributed by atoms with E-state index in [9.17, 15) is 14.7 Å². The van der Waals surface area contributed by atoms with Crippen molar-refractivity contribution in [3.05, 3.63) is 23.8 Å². The first-order valence-electron chi connectivity index (χ1n) is 9.13. The van der Waals surface area contributed by atoms with E-state index < -0.39 is 6.10 Å². The van der Waals surface area contributed by atoms with E-state index in [0.717, 1.165) is 31.2 Å². The number of imide groups is 1. The number of fused-ring (bicyclic) bond motifs is 2. The molecule has 3 aliphatic rings. The second-order valence-electron chi connectivity index (χ2n) is 7.14. The third-order valence-corrected chi connectivity index (χ3v) is 5.34. The van der Waals surface area contributed by atoms with E-state index >= 15 is 0 Å². The van der Waals surface area contributed by atoms with E-state index in [0.29, 0.717) is 18.1 Å². The molecule has 2 amide bonds. The number of carbonyl (C=O) groups excluding carboxylic acids is 2. The molecule has 0 radical (unpaired) electrons. The van der Waals surface area contributed by atoms with Gasteiger partial charge in [-0.15, -0.1) is 0 Å². The second-order valence-corrected chi connectivity index (χ2v) is 7.14. The van der Waals surface area contributed by atoms with Crippen molar-refractivity contribution in [2.24, 2.45) is 11.8 Å². The SMILES string of the molecule is O=C1[C@@H]2CCCC[C@H]2C(=O)N1C[C@H](O)COCc1ccc2c(c1)OCO2. The molecule has 7 heteroatoms. The molecule has 2 fully saturated rings. The van der Waals surface area contributed by atoms with Gasteiger partial charge in [0, 0.05) is 0 Å². The second kappa shape index (κ2) is 7.25. The van der Waals surface area contributed by atoms with Gasteiger partial charge in [0.05, 0.1) is 37.7 Å². The summed E-state index contributed by atoms with van der Waals surface area (Å²) in [6, 6.07) is 5.53. The van der Waals surface area contributed by atoms with Gasteiger partial charge in [0.1, 0.15) is 0 Å². The van der Waals surface area contributed by atoms with Crippen LogP contribution in [-0.2, 0) is 20.9 Å². The van der Waals surface area contributed by atoms with Crippen molar-refractivity contribution in [1.82, 2.24) is 4.90 Å². The van der Waals surface area contributed by atoms with Gasteiger partial charge < -0.3 is 19.3 Å². The number of amides is 2. The molecule has 1 aromatic carbocycles. The number of β-amino-alcohol motifs (C(OH)–C–C–N with tert-alkyl or cyclic N) is 1. The lowest BCUT2D eigenvalue weighted by Gasteiger charge is -2.19. The summed E-state index contributed by atoms with van der Waals surface area (Å²) in [5.41, 5.74) is 0.904. The highest BCUT2D eigenvalue weighted by Crippen LogP contribution is 2.38. The molecule has 2 heterocycles. The summed E-state index contributed by atoms with van der Waals surface area (Å²) in [5, 5.41) is 10.2. The largest absolute Gasteiger partial charge is 0.454 e. The molecule has 0 aromatic heterocycles. The van der Waals surface area contributed by atoms with E-state index in [1.807, 2.05) is 18.2 Å². The van der Waals surface area contributed by atoms with Crippen molar-refractivity contribution in [3.8, 4) is 11.5 Å². The average molecular weight is 361 g/mol. The van der Waals surface area contributed by atoms with Crippen molar-refractivity contribution in [2.45, 2.75) is 38.4 Å². The first-order valence-corrected chi connectivity index (χ1v) is 9.13. The highest BCUT2D eigenvalue weighted by atomic mass is 16.7. The van der Waals surface area contributed by atoms with E-state index in [4.69, 9.17) is 14.2 Å². The summed E-state index contributed by atoms with van der Waals surface area (Å²) in [6.45, 7) is 0.589. The molecule has 3 atom stereocenters. The maximum Gasteiger partial charge on any atom is 0.233 e. The van der Waals surface area contributed by atoms with Crippen LogP contribution in [0.15, 0.2) is 18.2 Å². The Hall–Kier alpha value is -2.12. The van der Waals surface area contributed by atoms with Gasteiger partial charge in [0.2, 0.25) is 18.6 Å². The van der Waals surface area contributed by atoms with Gasteiger partial charge in [0.15, 0.2) is 11.5 Å². The number of carbonyl (C=O) groups is 2. The van der Waals surface area contributed by atoms with Gasteiger partial charge in [-0.2, -0.15) is 0 Å². The first-order chi connectivity index (χ1) is 12.6. The number of benzene rings is 1. The van der Waals surface area contributed by atoms with Gasteiger partial charge in [-0.1, -0.05) is 18.9 Å². The minimum Gasteiger partial charge on any atom is -0.454 e. The van der Waals surface area contributed by atoms with E-state index in [-0.39, 0.29) is 43.6 Å². The molecular formula is C19H23NO6. The summed E-state index contributed by atoms with van der Waals surface area (Å²) in [6.07, 6.45) is 2.66. The van der Waals surface area contributed by atoms with Crippen LogP contribution in [0.4, 0.5) is 0 Å². The van der Waals surface area contributed by atoms with Crippen LogP contribution < -0.4 is 9.47 Å².